The first-order chi connectivity index (χ1) is 21.6. The molecule has 0 fully saturated rings. The molecule has 0 saturated carbocycles. The molecule has 45 heavy (non-hydrogen) atoms. The van der Waals surface area contributed by atoms with E-state index in [1.807, 2.05) is 35.2 Å². The molecule has 2 N–H and O–H groups in total. The van der Waals surface area contributed by atoms with Gasteiger partial charge < -0.3 is 24.8 Å². The van der Waals surface area contributed by atoms with E-state index in [1.165, 1.54) is 19.5 Å². The maximum atomic E-state index is 13.3. The molecule has 0 aliphatic carbocycles. The third kappa shape index (κ3) is 6.06. The summed E-state index contributed by atoms with van der Waals surface area (Å²) in [4.78, 5) is 23.6. The van der Waals surface area contributed by atoms with Crippen molar-refractivity contribution in [1.82, 2.24) is 9.97 Å². The molecule has 5 aromatic rings. The second-order valence-electron chi connectivity index (χ2n) is 9.63. The van der Waals surface area contributed by atoms with Crippen LogP contribution in [-0.4, -0.2) is 36.3 Å². The number of methoxy groups -OCH3 is 1. The topological polar surface area (TPSA) is 97.8 Å². The van der Waals surface area contributed by atoms with Gasteiger partial charge in [0.2, 0.25) is 5.75 Å². The third-order valence-electron chi connectivity index (χ3n) is 6.79. The van der Waals surface area contributed by atoms with Crippen LogP contribution in [0.3, 0.4) is 0 Å². The van der Waals surface area contributed by atoms with Gasteiger partial charge in [0.1, 0.15) is 19.5 Å². The van der Waals surface area contributed by atoms with Crippen molar-refractivity contribution < 1.29 is 32.2 Å². The Bertz CT molecular complexity index is 1910. The number of rotatable bonds is 6. The van der Waals surface area contributed by atoms with Crippen molar-refractivity contribution in [3.63, 3.8) is 0 Å². The number of aromatic nitrogens is 2. The van der Waals surface area contributed by atoms with Crippen LogP contribution in [0, 0.1) is 0 Å². The number of alkyl halides is 3. The number of ether oxygens (including phenoxy) is 3. The van der Waals surface area contributed by atoms with E-state index in [-0.39, 0.29) is 16.4 Å². The van der Waals surface area contributed by atoms with E-state index >= 15 is 0 Å². The number of fused-ring (bicyclic) bond motifs is 3. The Balaban J connectivity index is 1.36. The summed E-state index contributed by atoms with van der Waals surface area (Å²) >= 11 is 12.3. The lowest BCUT2D eigenvalue weighted by molar-refractivity contribution is -0.137. The maximum absolute atomic E-state index is 13.3. The Kier molecular flexibility index (Phi) is 8.17. The van der Waals surface area contributed by atoms with Crippen LogP contribution in [0.25, 0.3) is 10.9 Å². The Morgan fingerprint density at radius 3 is 2.36 bits per heavy atom. The number of urea groups is 1. The summed E-state index contributed by atoms with van der Waals surface area (Å²) in [6, 6.07) is 18.3. The minimum atomic E-state index is -4.69. The second-order valence-corrected chi connectivity index (χ2v) is 10.4. The van der Waals surface area contributed by atoms with E-state index in [1.54, 1.807) is 24.3 Å². The SMILES string of the molecule is COc1cc2ncnc(N(c3ccccc3)c3ccc(NC(=O)Nc4ccc(Cl)c(C(F)(F)F)c4)c(Cl)c3)c2c2c1OCCO2. The number of nitrogens with one attached hydrogen (secondary N) is 2. The number of benzene rings is 4. The van der Waals surface area contributed by atoms with Crippen molar-refractivity contribution in [1.29, 1.82) is 0 Å². The lowest BCUT2D eigenvalue weighted by Gasteiger charge is -2.28. The summed E-state index contributed by atoms with van der Waals surface area (Å²) in [7, 11) is 1.53. The number of carbonyl (C=O) groups is 1. The fraction of sp³-hybridized carbons (Fsp3) is 0.129. The molecule has 0 spiro atoms. The highest BCUT2D eigenvalue weighted by Crippen LogP contribution is 2.49. The highest BCUT2D eigenvalue weighted by Gasteiger charge is 2.33. The first kappa shape index (κ1) is 30.1. The summed E-state index contributed by atoms with van der Waals surface area (Å²) in [6.45, 7) is 0.663. The van der Waals surface area contributed by atoms with Crippen molar-refractivity contribution >= 4 is 68.7 Å². The number of para-hydroxylation sites is 1. The molecule has 0 unspecified atom stereocenters. The fourth-order valence-electron chi connectivity index (χ4n) is 4.83. The van der Waals surface area contributed by atoms with E-state index < -0.39 is 22.8 Å². The van der Waals surface area contributed by atoms with Gasteiger partial charge >= 0.3 is 12.2 Å². The van der Waals surface area contributed by atoms with Crippen LogP contribution in [0.2, 0.25) is 10.0 Å². The molecule has 4 aromatic carbocycles. The lowest BCUT2D eigenvalue weighted by Crippen LogP contribution is -2.20. The smallest absolute Gasteiger partial charge is 0.417 e. The molecule has 1 aromatic heterocycles. The average molecular weight is 656 g/mol. The summed E-state index contributed by atoms with van der Waals surface area (Å²) in [6.07, 6.45) is -3.26. The van der Waals surface area contributed by atoms with Crippen LogP contribution in [0.4, 0.5) is 46.5 Å². The highest BCUT2D eigenvalue weighted by molar-refractivity contribution is 6.34. The zero-order valence-corrected chi connectivity index (χ0v) is 24.8. The van der Waals surface area contributed by atoms with Gasteiger partial charge in [0.15, 0.2) is 17.3 Å². The van der Waals surface area contributed by atoms with Gasteiger partial charge in [-0.1, -0.05) is 41.4 Å². The molecule has 0 radical (unpaired) electrons. The molecule has 230 valence electrons. The summed E-state index contributed by atoms with van der Waals surface area (Å²) < 4.78 is 57.2. The minimum absolute atomic E-state index is 0.103. The predicted octanol–water partition coefficient (Wildman–Crippen LogP) is 8.85. The van der Waals surface area contributed by atoms with Crippen LogP contribution in [0.5, 0.6) is 17.2 Å². The Morgan fingerprint density at radius 2 is 1.64 bits per heavy atom. The Labute approximate surface area is 264 Å². The fourth-order valence-corrected chi connectivity index (χ4v) is 5.28. The molecule has 0 bridgehead atoms. The van der Waals surface area contributed by atoms with E-state index in [0.717, 1.165) is 17.8 Å². The molecule has 0 saturated heterocycles. The first-order valence-electron chi connectivity index (χ1n) is 13.3. The molecule has 2 heterocycles. The van der Waals surface area contributed by atoms with Gasteiger partial charge in [-0.3, -0.25) is 4.90 Å². The van der Waals surface area contributed by atoms with Gasteiger partial charge in [0, 0.05) is 23.1 Å². The molecule has 2 amide bonds. The average Bonchev–Trinajstić information content (AvgIpc) is 3.03. The molecule has 1 aliphatic rings. The van der Waals surface area contributed by atoms with Crippen molar-refractivity contribution in [3.05, 3.63) is 94.7 Å². The minimum Gasteiger partial charge on any atom is -0.493 e. The summed E-state index contributed by atoms with van der Waals surface area (Å²) in [5.41, 5.74) is 0.900. The number of hydrogen-bond acceptors (Lipinski definition) is 7. The van der Waals surface area contributed by atoms with Gasteiger partial charge in [0.05, 0.1) is 39.3 Å². The summed E-state index contributed by atoms with van der Waals surface area (Å²) in [5, 5.41) is 5.19. The quantitative estimate of drug-likeness (QED) is 0.189. The highest BCUT2D eigenvalue weighted by atomic mass is 35.5. The van der Waals surface area contributed by atoms with Crippen LogP contribution in [-0.2, 0) is 6.18 Å². The maximum Gasteiger partial charge on any atom is 0.417 e. The predicted molar refractivity (Wildman–Crippen MR) is 166 cm³/mol. The number of nitrogens with zero attached hydrogens (tertiary/aromatic N) is 3. The van der Waals surface area contributed by atoms with Crippen LogP contribution < -0.4 is 29.7 Å². The van der Waals surface area contributed by atoms with Crippen molar-refractivity contribution in [2.45, 2.75) is 6.18 Å². The van der Waals surface area contributed by atoms with Crippen molar-refractivity contribution in [3.8, 4) is 17.2 Å². The van der Waals surface area contributed by atoms with Gasteiger partial charge in [-0.2, -0.15) is 13.2 Å². The molecule has 6 rings (SSSR count). The first-order valence-corrected chi connectivity index (χ1v) is 14.1. The molecule has 0 atom stereocenters. The van der Waals surface area contributed by atoms with E-state index in [0.29, 0.717) is 52.9 Å². The number of carbonyl (C=O) groups excluding carboxylic acids is 1. The zero-order valence-electron chi connectivity index (χ0n) is 23.3. The Morgan fingerprint density at radius 1 is 0.889 bits per heavy atom. The molecular weight excluding hydrogens is 634 g/mol. The lowest BCUT2D eigenvalue weighted by atomic mass is 10.1. The van der Waals surface area contributed by atoms with Gasteiger partial charge in [-0.05, 0) is 48.5 Å². The van der Waals surface area contributed by atoms with Crippen LogP contribution in [0.1, 0.15) is 5.56 Å². The molecule has 14 heteroatoms. The number of hydrogen-bond donors (Lipinski definition) is 2. The normalized spacial score (nSPS) is 12.5. The monoisotopic (exact) mass is 655 g/mol. The van der Waals surface area contributed by atoms with Crippen LogP contribution >= 0.6 is 23.2 Å². The largest absolute Gasteiger partial charge is 0.493 e. The number of anilines is 5. The zero-order chi connectivity index (χ0) is 31.7. The molecule has 1 aliphatic heterocycles. The number of halogens is 5. The van der Waals surface area contributed by atoms with Gasteiger partial charge in [-0.15, -0.1) is 0 Å². The summed E-state index contributed by atoms with van der Waals surface area (Å²) in [5.74, 6) is 1.81. The van der Waals surface area contributed by atoms with Gasteiger partial charge in [0.25, 0.3) is 0 Å². The standard InChI is InChI=1S/C31H22Cl2F3N5O4/c1-43-25-15-24-26(28-27(25)44-11-12-45-28)29(38-16-37-24)41(18-5-3-2-4-6-18)19-8-10-23(22(33)14-19)40-30(42)39-17-7-9-21(32)20(13-17)31(34,35)36/h2-10,13-16H,11-12H2,1H3,(H2,39,40,42). The van der Waals surface area contributed by atoms with Crippen LogP contribution in [0.15, 0.2) is 79.1 Å². The Hall–Kier alpha value is -4.94. The van der Waals surface area contributed by atoms with Crippen molar-refractivity contribution in [2.75, 3.05) is 35.9 Å². The molecular formula is C31H22Cl2F3N5O4. The van der Waals surface area contributed by atoms with Gasteiger partial charge in [-0.25, -0.2) is 14.8 Å². The molecule has 9 nitrogen and oxygen atoms in total. The number of amides is 2. The van der Waals surface area contributed by atoms with E-state index in [2.05, 4.69) is 20.6 Å². The second kappa shape index (κ2) is 12.2. The van der Waals surface area contributed by atoms with Crippen molar-refractivity contribution in [2.24, 2.45) is 0 Å². The third-order valence-corrected chi connectivity index (χ3v) is 7.43. The van der Waals surface area contributed by atoms with E-state index in [9.17, 15) is 18.0 Å². The van der Waals surface area contributed by atoms with E-state index in [4.69, 9.17) is 37.4 Å².